The first-order chi connectivity index (χ1) is 11.2. The van der Waals surface area contributed by atoms with Crippen molar-refractivity contribution in [1.29, 1.82) is 0 Å². The van der Waals surface area contributed by atoms with Crippen LogP contribution in [0.4, 0.5) is 5.69 Å². The Labute approximate surface area is 139 Å². The topological polar surface area (TPSA) is 49.4 Å². The van der Waals surface area contributed by atoms with Crippen LogP contribution in [0.2, 0.25) is 0 Å². The Hall–Kier alpha value is -2.14. The smallest absolute Gasteiger partial charge is 0.232 e. The van der Waals surface area contributed by atoms with E-state index >= 15 is 0 Å². The summed E-state index contributed by atoms with van der Waals surface area (Å²) in [5.74, 6) is -0.340. The fourth-order valence-corrected chi connectivity index (χ4v) is 4.49. The maximum atomic E-state index is 12.8. The van der Waals surface area contributed by atoms with E-state index in [2.05, 4.69) is 16.8 Å². The number of amides is 2. The predicted molar refractivity (Wildman–Crippen MR) is 90.4 cm³/mol. The minimum atomic E-state index is -0.358. The Morgan fingerprint density at radius 3 is 2.96 bits per heavy atom. The van der Waals surface area contributed by atoms with Crippen molar-refractivity contribution in [1.82, 2.24) is 4.90 Å². The molecule has 118 valence electrons. The van der Waals surface area contributed by atoms with E-state index in [0.29, 0.717) is 0 Å². The maximum absolute atomic E-state index is 12.8. The second-order valence-electron chi connectivity index (χ2n) is 6.09. The van der Waals surface area contributed by atoms with Gasteiger partial charge in [0.2, 0.25) is 11.8 Å². The minimum absolute atomic E-state index is 0.0635. The molecule has 4 nitrogen and oxygen atoms in total. The van der Waals surface area contributed by atoms with Gasteiger partial charge in [-0.15, -0.1) is 11.3 Å². The molecule has 0 bridgehead atoms. The molecule has 3 heterocycles. The summed E-state index contributed by atoms with van der Waals surface area (Å²) >= 11 is 1.70. The lowest BCUT2D eigenvalue weighted by molar-refractivity contribution is -0.134. The molecule has 1 aromatic heterocycles. The lowest BCUT2D eigenvalue weighted by Crippen LogP contribution is -2.32. The molecule has 0 saturated carbocycles. The van der Waals surface area contributed by atoms with Crippen molar-refractivity contribution >= 4 is 28.8 Å². The third kappa shape index (κ3) is 2.55. The summed E-state index contributed by atoms with van der Waals surface area (Å²) in [5.41, 5.74) is 1.78. The monoisotopic (exact) mass is 326 g/mol. The second-order valence-corrected chi connectivity index (χ2v) is 7.07. The largest absolute Gasteiger partial charge is 0.335 e. The van der Waals surface area contributed by atoms with Crippen molar-refractivity contribution in [3.63, 3.8) is 0 Å². The van der Waals surface area contributed by atoms with Gasteiger partial charge in [-0.2, -0.15) is 0 Å². The van der Waals surface area contributed by atoms with Crippen LogP contribution >= 0.6 is 11.3 Å². The Morgan fingerprint density at radius 1 is 1.26 bits per heavy atom. The van der Waals surface area contributed by atoms with Gasteiger partial charge in [0.25, 0.3) is 0 Å². The SMILES string of the molecule is O=C1Nc2ccccc2[C@H]1CC(=O)N1CCC[C@H]1c1cccs1. The summed E-state index contributed by atoms with van der Waals surface area (Å²) in [6, 6.07) is 12.0. The molecule has 0 spiro atoms. The Balaban J connectivity index is 1.53. The molecule has 2 atom stereocenters. The number of para-hydroxylation sites is 1. The molecule has 0 unspecified atom stereocenters. The number of anilines is 1. The number of nitrogens with zero attached hydrogens (tertiary/aromatic N) is 1. The molecule has 1 aromatic carbocycles. The molecular formula is C18H18N2O2S. The summed E-state index contributed by atoms with van der Waals surface area (Å²) in [6.45, 7) is 0.789. The summed E-state index contributed by atoms with van der Waals surface area (Å²) in [7, 11) is 0. The van der Waals surface area contributed by atoms with Gasteiger partial charge in [0.1, 0.15) is 0 Å². The van der Waals surface area contributed by atoms with Gasteiger partial charge in [0, 0.05) is 23.5 Å². The molecule has 1 fully saturated rings. The molecular weight excluding hydrogens is 308 g/mol. The number of hydrogen-bond donors (Lipinski definition) is 1. The van der Waals surface area contributed by atoms with Crippen LogP contribution in [0.1, 0.15) is 41.7 Å². The number of carbonyl (C=O) groups is 2. The zero-order valence-corrected chi connectivity index (χ0v) is 13.5. The van der Waals surface area contributed by atoms with Crippen molar-refractivity contribution in [2.45, 2.75) is 31.2 Å². The van der Waals surface area contributed by atoms with Crippen LogP contribution in [0.15, 0.2) is 41.8 Å². The average Bonchev–Trinajstić information content (AvgIpc) is 3.26. The van der Waals surface area contributed by atoms with E-state index in [1.165, 1.54) is 4.88 Å². The molecule has 1 N–H and O–H groups in total. The molecule has 0 radical (unpaired) electrons. The van der Waals surface area contributed by atoms with Gasteiger partial charge >= 0.3 is 0 Å². The molecule has 2 aliphatic rings. The normalized spacial score (nSPS) is 23.0. The Morgan fingerprint density at radius 2 is 2.13 bits per heavy atom. The van der Waals surface area contributed by atoms with Crippen LogP contribution in [-0.4, -0.2) is 23.3 Å². The first-order valence-corrected chi connectivity index (χ1v) is 8.84. The number of fused-ring (bicyclic) bond motifs is 1. The number of likely N-dealkylation sites (tertiary alicyclic amines) is 1. The number of benzene rings is 1. The van der Waals surface area contributed by atoms with Crippen molar-refractivity contribution in [2.75, 3.05) is 11.9 Å². The zero-order valence-electron chi connectivity index (χ0n) is 12.7. The van der Waals surface area contributed by atoms with Crippen LogP contribution < -0.4 is 5.32 Å². The number of carbonyl (C=O) groups excluding carboxylic acids is 2. The molecule has 2 aliphatic heterocycles. The van der Waals surface area contributed by atoms with Gasteiger partial charge in [-0.1, -0.05) is 24.3 Å². The molecule has 0 aliphatic carbocycles. The van der Waals surface area contributed by atoms with Crippen LogP contribution in [0.25, 0.3) is 0 Å². The average molecular weight is 326 g/mol. The lowest BCUT2D eigenvalue weighted by atomic mass is 9.96. The number of rotatable bonds is 3. The van der Waals surface area contributed by atoms with E-state index in [4.69, 9.17) is 0 Å². The minimum Gasteiger partial charge on any atom is -0.335 e. The fourth-order valence-electron chi connectivity index (χ4n) is 3.61. The summed E-state index contributed by atoms with van der Waals surface area (Å²) in [5, 5.41) is 4.93. The van der Waals surface area contributed by atoms with E-state index in [-0.39, 0.29) is 30.2 Å². The van der Waals surface area contributed by atoms with E-state index in [1.807, 2.05) is 35.2 Å². The Bertz CT molecular complexity index is 741. The van der Waals surface area contributed by atoms with Gasteiger partial charge < -0.3 is 10.2 Å². The lowest BCUT2D eigenvalue weighted by Gasteiger charge is -2.25. The molecule has 2 aromatic rings. The van der Waals surface area contributed by atoms with Gasteiger partial charge in [0.15, 0.2) is 0 Å². The molecule has 1 saturated heterocycles. The number of thiophene rings is 1. The van der Waals surface area contributed by atoms with E-state index in [1.54, 1.807) is 11.3 Å². The third-order valence-electron chi connectivity index (χ3n) is 4.73. The fraction of sp³-hybridized carbons (Fsp3) is 0.333. The zero-order chi connectivity index (χ0) is 15.8. The second kappa shape index (κ2) is 5.81. The highest BCUT2D eigenvalue weighted by atomic mass is 32.1. The van der Waals surface area contributed by atoms with E-state index in [0.717, 1.165) is 30.6 Å². The highest BCUT2D eigenvalue weighted by Gasteiger charge is 2.36. The van der Waals surface area contributed by atoms with Gasteiger partial charge in [0.05, 0.1) is 12.0 Å². The van der Waals surface area contributed by atoms with Crippen LogP contribution in [-0.2, 0) is 9.59 Å². The quantitative estimate of drug-likeness (QED) is 0.938. The third-order valence-corrected chi connectivity index (χ3v) is 5.71. The van der Waals surface area contributed by atoms with Crippen molar-refractivity contribution in [2.24, 2.45) is 0 Å². The Kier molecular flexibility index (Phi) is 3.65. The molecule has 2 amide bonds. The van der Waals surface area contributed by atoms with Crippen molar-refractivity contribution < 1.29 is 9.59 Å². The first kappa shape index (κ1) is 14.5. The molecule has 23 heavy (non-hydrogen) atoms. The molecule has 5 heteroatoms. The van der Waals surface area contributed by atoms with Gasteiger partial charge in [-0.25, -0.2) is 0 Å². The van der Waals surface area contributed by atoms with Crippen LogP contribution in [0.5, 0.6) is 0 Å². The summed E-state index contributed by atoms with van der Waals surface area (Å²) in [6.07, 6.45) is 2.30. The predicted octanol–water partition coefficient (Wildman–Crippen LogP) is 3.54. The maximum Gasteiger partial charge on any atom is 0.232 e. The van der Waals surface area contributed by atoms with Gasteiger partial charge in [-0.3, -0.25) is 9.59 Å². The van der Waals surface area contributed by atoms with Gasteiger partial charge in [-0.05, 0) is 35.9 Å². The highest BCUT2D eigenvalue weighted by Crippen LogP contribution is 2.38. The highest BCUT2D eigenvalue weighted by molar-refractivity contribution is 7.10. The molecule has 4 rings (SSSR count). The van der Waals surface area contributed by atoms with E-state index in [9.17, 15) is 9.59 Å². The van der Waals surface area contributed by atoms with Crippen molar-refractivity contribution in [3.8, 4) is 0 Å². The number of nitrogens with one attached hydrogen (secondary N) is 1. The van der Waals surface area contributed by atoms with E-state index < -0.39 is 0 Å². The standard InChI is InChI=1S/C18H18N2O2S/c21-17(20-9-3-7-15(20)16-8-4-10-23-16)11-13-12-5-1-2-6-14(12)19-18(13)22/h1-2,4-6,8,10,13,15H,3,7,9,11H2,(H,19,22)/t13-,15+/m1/s1. The summed E-state index contributed by atoms with van der Waals surface area (Å²) in [4.78, 5) is 28.2. The van der Waals surface area contributed by atoms with Crippen molar-refractivity contribution in [3.05, 3.63) is 52.2 Å². The van der Waals surface area contributed by atoms with Crippen LogP contribution in [0.3, 0.4) is 0 Å². The first-order valence-electron chi connectivity index (χ1n) is 7.96. The van der Waals surface area contributed by atoms with Crippen LogP contribution in [0, 0.1) is 0 Å². The summed E-state index contributed by atoms with van der Waals surface area (Å²) < 4.78 is 0. The number of hydrogen-bond acceptors (Lipinski definition) is 3.